The summed E-state index contributed by atoms with van der Waals surface area (Å²) >= 11 is 0. The zero-order valence-electron chi connectivity index (χ0n) is 20.6. The Morgan fingerprint density at radius 2 is 1.32 bits per heavy atom. The Balaban J connectivity index is 1.41. The summed E-state index contributed by atoms with van der Waals surface area (Å²) in [5.41, 5.74) is 2.53. The maximum atomic E-state index is 12.2. The molecule has 0 fully saturated rings. The van der Waals surface area contributed by atoms with Crippen molar-refractivity contribution in [3.05, 3.63) is 108 Å². The summed E-state index contributed by atoms with van der Waals surface area (Å²) < 4.78 is 21.1. The van der Waals surface area contributed by atoms with Crippen LogP contribution >= 0.6 is 0 Å². The molecule has 0 saturated carbocycles. The third-order valence-corrected chi connectivity index (χ3v) is 5.02. The number of benzene rings is 3. The van der Waals surface area contributed by atoms with Gasteiger partial charge in [-0.25, -0.2) is 9.59 Å². The molecule has 37 heavy (non-hydrogen) atoms. The molecular weight excluding hydrogens is 468 g/mol. The molecular formula is C31H28O6. The number of hydrogen-bond donors (Lipinski definition) is 0. The zero-order chi connectivity index (χ0) is 26.3. The van der Waals surface area contributed by atoms with E-state index in [2.05, 4.69) is 18.4 Å². The number of carbonyl (C=O) groups excluding carboxylic acids is 2. The summed E-state index contributed by atoms with van der Waals surface area (Å²) in [5, 5.41) is 0. The van der Waals surface area contributed by atoms with Gasteiger partial charge in [0.2, 0.25) is 0 Å². The van der Waals surface area contributed by atoms with Gasteiger partial charge in [-0.05, 0) is 85.1 Å². The van der Waals surface area contributed by atoms with Crippen molar-refractivity contribution in [3.63, 3.8) is 0 Å². The second-order valence-corrected chi connectivity index (χ2v) is 7.75. The summed E-state index contributed by atoms with van der Waals surface area (Å²) in [6, 6.07) is 21.9. The van der Waals surface area contributed by atoms with Gasteiger partial charge in [0.25, 0.3) is 0 Å². The molecule has 0 amide bonds. The van der Waals surface area contributed by atoms with E-state index >= 15 is 0 Å². The molecule has 0 bridgehead atoms. The Labute approximate surface area is 217 Å². The first-order valence-corrected chi connectivity index (χ1v) is 11.7. The molecule has 0 heterocycles. The van der Waals surface area contributed by atoms with E-state index < -0.39 is 11.9 Å². The lowest BCUT2D eigenvalue weighted by Crippen LogP contribution is -2.04. The molecule has 3 rings (SSSR count). The van der Waals surface area contributed by atoms with E-state index in [0.717, 1.165) is 40.7 Å². The molecule has 0 atom stereocenters. The number of carbonyl (C=O) groups is 2. The molecule has 0 aliphatic rings. The number of rotatable bonds is 11. The van der Waals surface area contributed by atoms with Gasteiger partial charge in [-0.1, -0.05) is 30.6 Å². The summed E-state index contributed by atoms with van der Waals surface area (Å²) in [7, 11) is 1.62. The van der Waals surface area contributed by atoms with E-state index in [1.807, 2.05) is 48.5 Å². The third-order valence-electron chi connectivity index (χ3n) is 5.02. The van der Waals surface area contributed by atoms with Crippen molar-refractivity contribution in [1.82, 2.24) is 0 Å². The van der Waals surface area contributed by atoms with Crippen LogP contribution in [0.3, 0.4) is 0 Å². The van der Waals surface area contributed by atoms with Crippen LogP contribution in [0.5, 0.6) is 17.2 Å². The van der Waals surface area contributed by atoms with Gasteiger partial charge in [-0.2, -0.15) is 0 Å². The van der Waals surface area contributed by atoms with E-state index in [-0.39, 0.29) is 0 Å². The maximum Gasteiger partial charge on any atom is 0.336 e. The molecule has 0 aliphatic carbocycles. The molecule has 188 valence electrons. The lowest BCUT2D eigenvalue weighted by molar-refractivity contribution is -0.137. The normalized spacial score (nSPS) is 10.2. The highest BCUT2D eigenvalue weighted by molar-refractivity contribution is 5.88. The summed E-state index contributed by atoms with van der Waals surface area (Å²) in [6.45, 7) is 4.20. The molecule has 0 unspecified atom stereocenters. The Kier molecular flexibility index (Phi) is 10.6. The van der Waals surface area contributed by atoms with Crippen molar-refractivity contribution < 1.29 is 28.5 Å². The van der Waals surface area contributed by atoms with Crippen molar-refractivity contribution in [3.8, 4) is 29.1 Å². The van der Waals surface area contributed by atoms with Crippen LogP contribution in [0.25, 0.3) is 6.08 Å². The molecule has 6 heteroatoms. The summed E-state index contributed by atoms with van der Waals surface area (Å²) in [6.07, 6.45) is 5.66. The standard InChI is InChI=1S/C31H28O6/c1-3-30(32)36-23-5-4-22-35-28-17-10-26(11-18-28)14-21-31(33)37-29-19-12-25(13-20-29)7-6-24-8-15-27(34-2)16-9-24/h3,8-21H,1,4-5,22-23H2,2H3/b21-14+. The first-order chi connectivity index (χ1) is 18.1. The Hall–Kier alpha value is -4.76. The van der Waals surface area contributed by atoms with Crippen LogP contribution in [0.4, 0.5) is 0 Å². The minimum Gasteiger partial charge on any atom is -0.497 e. The molecule has 0 saturated heterocycles. The van der Waals surface area contributed by atoms with E-state index in [1.165, 1.54) is 6.08 Å². The van der Waals surface area contributed by atoms with Gasteiger partial charge < -0.3 is 18.9 Å². The highest BCUT2D eigenvalue weighted by Gasteiger charge is 2.01. The molecule has 3 aromatic carbocycles. The van der Waals surface area contributed by atoms with Crippen molar-refractivity contribution in [2.45, 2.75) is 12.8 Å². The predicted octanol–water partition coefficient (Wildman–Crippen LogP) is 5.60. The molecule has 0 radical (unpaired) electrons. The van der Waals surface area contributed by atoms with Gasteiger partial charge in [-0.3, -0.25) is 0 Å². The van der Waals surface area contributed by atoms with Gasteiger partial charge in [0.15, 0.2) is 0 Å². The molecule has 0 aromatic heterocycles. The van der Waals surface area contributed by atoms with Crippen molar-refractivity contribution in [2.24, 2.45) is 0 Å². The first kappa shape index (κ1) is 26.8. The van der Waals surface area contributed by atoms with Gasteiger partial charge >= 0.3 is 11.9 Å². The van der Waals surface area contributed by atoms with Crippen LogP contribution in [0.2, 0.25) is 0 Å². The highest BCUT2D eigenvalue weighted by atomic mass is 16.5. The van der Waals surface area contributed by atoms with Crippen LogP contribution in [0.1, 0.15) is 29.5 Å². The fraction of sp³-hybridized carbons (Fsp3) is 0.161. The second kappa shape index (κ2) is 14.6. The zero-order valence-corrected chi connectivity index (χ0v) is 20.6. The lowest BCUT2D eigenvalue weighted by Gasteiger charge is -2.06. The molecule has 3 aromatic rings. The highest BCUT2D eigenvalue weighted by Crippen LogP contribution is 2.16. The Bertz CT molecular complexity index is 1260. The van der Waals surface area contributed by atoms with E-state index in [4.69, 9.17) is 18.9 Å². The number of esters is 2. The molecule has 0 spiro atoms. The van der Waals surface area contributed by atoms with E-state index in [9.17, 15) is 9.59 Å². The second-order valence-electron chi connectivity index (χ2n) is 7.75. The van der Waals surface area contributed by atoms with Gasteiger partial charge in [0, 0.05) is 23.3 Å². The molecule has 0 N–H and O–H groups in total. The van der Waals surface area contributed by atoms with Gasteiger partial charge in [0.1, 0.15) is 17.2 Å². The van der Waals surface area contributed by atoms with Crippen LogP contribution < -0.4 is 14.2 Å². The lowest BCUT2D eigenvalue weighted by atomic mass is 10.2. The Morgan fingerprint density at radius 1 is 0.757 bits per heavy atom. The largest absolute Gasteiger partial charge is 0.497 e. The number of methoxy groups -OCH3 is 1. The molecule has 6 nitrogen and oxygen atoms in total. The van der Waals surface area contributed by atoms with E-state index in [0.29, 0.717) is 25.4 Å². The quantitative estimate of drug-likeness (QED) is 0.113. The third kappa shape index (κ3) is 9.79. The predicted molar refractivity (Wildman–Crippen MR) is 142 cm³/mol. The SMILES string of the molecule is C=CC(=O)OCCCCOc1ccc(/C=C/C(=O)Oc2ccc(C#Cc3ccc(OC)cc3)cc2)cc1. The fourth-order valence-electron chi connectivity index (χ4n) is 3.04. The number of hydrogen-bond acceptors (Lipinski definition) is 6. The summed E-state index contributed by atoms with van der Waals surface area (Å²) in [4.78, 5) is 23.1. The van der Waals surface area contributed by atoms with Gasteiger partial charge in [0.05, 0.1) is 20.3 Å². The average Bonchev–Trinajstić information content (AvgIpc) is 2.94. The van der Waals surface area contributed by atoms with Crippen LogP contribution in [-0.4, -0.2) is 32.3 Å². The first-order valence-electron chi connectivity index (χ1n) is 11.7. The smallest absolute Gasteiger partial charge is 0.336 e. The van der Waals surface area contributed by atoms with Crippen LogP contribution in [0, 0.1) is 11.8 Å². The summed E-state index contributed by atoms with van der Waals surface area (Å²) in [5.74, 6) is 7.21. The van der Waals surface area contributed by atoms with Crippen molar-refractivity contribution in [2.75, 3.05) is 20.3 Å². The van der Waals surface area contributed by atoms with Crippen molar-refractivity contribution >= 4 is 18.0 Å². The number of ether oxygens (including phenoxy) is 4. The monoisotopic (exact) mass is 496 g/mol. The van der Waals surface area contributed by atoms with Crippen LogP contribution in [-0.2, 0) is 14.3 Å². The van der Waals surface area contributed by atoms with Gasteiger partial charge in [-0.15, -0.1) is 0 Å². The van der Waals surface area contributed by atoms with Crippen molar-refractivity contribution in [1.29, 1.82) is 0 Å². The average molecular weight is 497 g/mol. The van der Waals surface area contributed by atoms with Crippen LogP contribution in [0.15, 0.2) is 91.5 Å². The molecule has 0 aliphatic heterocycles. The topological polar surface area (TPSA) is 71.1 Å². The van der Waals surface area contributed by atoms with E-state index in [1.54, 1.807) is 37.5 Å². The Morgan fingerprint density at radius 3 is 1.92 bits per heavy atom. The maximum absolute atomic E-state index is 12.2. The minimum atomic E-state index is -0.477. The minimum absolute atomic E-state index is 0.344. The fourth-order valence-corrected chi connectivity index (χ4v) is 3.04. The number of unbranched alkanes of at least 4 members (excludes halogenated alkanes) is 1.